The summed E-state index contributed by atoms with van der Waals surface area (Å²) < 4.78 is 0. The monoisotopic (exact) mass is 184 g/mol. The zero-order valence-electron chi connectivity index (χ0n) is 8.84. The Morgan fingerprint density at radius 3 is 2.62 bits per heavy atom. The fourth-order valence-corrected chi connectivity index (χ4v) is 1.65. The Labute approximate surface area is 80.5 Å². The number of amides is 1. The van der Waals surface area contributed by atoms with Gasteiger partial charge in [0.05, 0.1) is 0 Å². The molecule has 1 heterocycles. The summed E-state index contributed by atoms with van der Waals surface area (Å²) in [7, 11) is 1.97. The van der Waals surface area contributed by atoms with Crippen molar-refractivity contribution in [3.8, 4) is 0 Å². The molecule has 1 aliphatic rings. The molecule has 0 aliphatic carbocycles. The molecule has 1 amide bonds. The molecule has 0 aromatic rings. The Morgan fingerprint density at radius 2 is 2.15 bits per heavy atom. The van der Waals surface area contributed by atoms with Gasteiger partial charge in [-0.1, -0.05) is 13.8 Å². The van der Waals surface area contributed by atoms with Crippen LogP contribution in [0.4, 0.5) is 0 Å². The van der Waals surface area contributed by atoms with Gasteiger partial charge in [0.2, 0.25) is 5.91 Å². The topological polar surface area (TPSA) is 32.3 Å². The van der Waals surface area contributed by atoms with Crippen LogP contribution in [0.1, 0.15) is 20.3 Å². The zero-order valence-corrected chi connectivity index (χ0v) is 8.84. The van der Waals surface area contributed by atoms with Crippen molar-refractivity contribution in [3.05, 3.63) is 0 Å². The van der Waals surface area contributed by atoms with Crippen LogP contribution < -0.4 is 5.32 Å². The van der Waals surface area contributed by atoms with E-state index in [4.69, 9.17) is 0 Å². The minimum absolute atomic E-state index is 0.158. The van der Waals surface area contributed by atoms with Gasteiger partial charge in [0.25, 0.3) is 0 Å². The standard InChI is InChI=1S/C10H20N2O/c1-8(2)10(13)12-6-9(7-12)4-5-11-3/h8-9,11H,4-7H2,1-3H3. The van der Waals surface area contributed by atoms with E-state index in [1.807, 2.05) is 25.8 Å². The summed E-state index contributed by atoms with van der Waals surface area (Å²) in [5, 5.41) is 3.13. The number of carbonyl (C=O) groups is 1. The van der Waals surface area contributed by atoms with Gasteiger partial charge in [-0.15, -0.1) is 0 Å². The smallest absolute Gasteiger partial charge is 0.225 e. The average molecular weight is 184 g/mol. The molecule has 1 rings (SSSR count). The van der Waals surface area contributed by atoms with Crippen LogP contribution in [0.25, 0.3) is 0 Å². The number of nitrogens with one attached hydrogen (secondary N) is 1. The molecule has 76 valence electrons. The molecule has 1 fully saturated rings. The first-order valence-corrected chi connectivity index (χ1v) is 5.08. The Hall–Kier alpha value is -0.570. The lowest BCUT2D eigenvalue weighted by Gasteiger charge is -2.40. The van der Waals surface area contributed by atoms with Gasteiger partial charge in [0, 0.05) is 19.0 Å². The van der Waals surface area contributed by atoms with Gasteiger partial charge < -0.3 is 10.2 Å². The van der Waals surface area contributed by atoms with Crippen molar-refractivity contribution < 1.29 is 4.79 Å². The number of hydrogen-bond acceptors (Lipinski definition) is 2. The van der Waals surface area contributed by atoms with Crippen LogP contribution in [-0.4, -0.2) is 37.5 Å². The summed E-state index contributed by atoms with van der Waals surface area (Å²) in [6.45, 7) is 6.93. The molecular weight excluding hydrogens is 164 g/mol. The van der Waals surface area contributed by atoms with Gasteiger partial charge in [-0.2, -0.15) is 0 Å². The van der Waals surface area contributed by atoms with E-state index < -0.39 is 0 Å². The summed E-state index contributed by atoms with van der Waals surface area (Å²) in [6.07, 6.45) is 1.19. The lowest BCUT2D eigenvalue weighted by Crippen LogP contribution is -2.51. The minimum atomic E-state index is 0.158. The van der Waals surface area contributed by atoms with Crippen molar-refractivity contribution in [2.45, 2.75) is 20.3 Å². The van der Waals surface area contributed by atoms with E-state index in [0.717, 1.165) is 25.6 Å². The van der Waals surface area contributed by atoms with E-state index in [2.05, 4.69) is 5.32 Å². The van der Waals surface area contributed by atoms with Gasteiger partial charge in [0.1, 0.15) is 0 Å². The zero-order chi connectivity index (χ0) is 9.84. The van der Waals surface area contributed by atoms with Gasteiger partial charge in [-0.05, 0) is 25.9 Å². The van der Waals surface area contributed by atoms with E-state index in [1.165, 1.54) is 6.42 Å². The van der Waals surface area contributed by atoms with Crippen molar-refractivity contribution in [2.24, 2.45) is 11.8 Å². The van der Waals surface area contributed by atoms with Gasteiger partial charge in [-0.3, -0.25) is 4.79 Å². The first-order chi connectivity index (χ1) is 6.15. The van der Waals surface area contributed by atoms with Crippen LogP contribution in [0.15, 0.2) is 0 Å². The fourth-order valence-electron chi connectivity index (χ4n) is 1.65. The Kier molecular flexibility index (Phi) is 3.72. The molecule has 0 unspecified atom stereocenters. The van der Waals surface area contributed by atoms with Crippen molar-refractivity contribution in [1.29, 1.82) is 0 Å². The lowest BCUT2D eigenvalue weighted by atomic mass is 9.95. The van der Waals surface area contributed by atoms with E-state index >= 15 is 0 Å². The Bertz CT molecular complexity index is 174. The van der Waals surface area contributed by atoms with Crippen molar-refractivity contribution in [1.82, 2.24) is 10.2 Å². The molecule has 3 nitrogen and oxygen atoms in total. The number of rotatable bonds is 4. The Balaban J connectivity index is 2.14. The number of carbonyl (C=O) groups excluding carboxylic acids is 1. The molecule has 0 atom stereocenters. The predicted octanol–water partition coefficient (Wildman–Crippen LogP) is 0.710. The highest BCUT2D eigenvalue weighted by Crippen LogP contribution is 2.20. The summed E-state index contributed by atoms with van der Waals surface area (Å²) in [6, 6.07) is 0. The van der Waals surface area contributed by atoms with Crippen LogP contribution in [0.2, 0.25) is 0 Å². The minimum Gasteiger partial charge on any atom is -0.342 e. The van der Waals surface area contributed by atoms with Crippen LogP contribution in [0, 0.1) is 11.8 Å². The first-order valence-electron chi connectivity index (χ1n) is 5.08. The largest absolute Gasteiger partial charge is 0.342 e. The van der Waals surface area contributed by atoms with E-state index in [-0.39, 0.29) is 5.92 Å². The number of nitrogens with zero attached hydrogens (tertiary/aromatic N) is 1. The van der Waals surface area contributed by atoms with E-state index in [9.17, 15) is 4.79 Å². The molecule has 0 saturated carbocycles. The molecule has 3 heteroatoms. The maximum absolute atomic E-state index is 11.5. The molecule has 0 radical (unpaired) electrons. The average Bonchev–Trinajstić information content (AvgIpc) is 2.01. The van der Waals surface area contributed by atoms with Gasteiger partial charge >= 0.3 is 0 Å². The highest BCUT2D eigenvalue weighted by atomic mass is 16.2. The predicted molar refractivity (Wildman–Crippen MR) is 53.5 cm³/mol. The molecular formula is C10H20N2O. The highest BCUT2D eigenvalue weighted by Gasteiger charge is 2.30. The maximum atomic E-state index is 11.5. The molecule has 1 aliphatic heterocycles. The third kappa shape index (κ3) is 2.69. The molecule has 0 spiro atoms. The van der Waals surface area contributed by atoms with Crippen LogP contribution in [-0.2, 0) is 4.79 Å². The number of likely N-dealkylation sites (tertiary alicyclic amines) is 1. The number of hydrogen-bond donors (Lipinski definition) is 1. The Morgan fingerprint density at radius 1 is 1.54 bits per heavy atom. The highest BCUT2D eigenvalue weighted by molar-refractivity contribution is 5.78. The maximum Gasteiger partial charge on any atom is 0.225 e. The van der Waals surface area contributed by atoms with Crippen molar-refractivity contribution in [2.75, 3.05) is 26.7 Å². The van der Waals surface area contributed by atoms with Crippen molar-refractivity contribution in [3.63, 3.8) is 0 Å². The fraction of sp³-hybridized carbons (Fsp3) is 0.900. The second-order valence-electron chi connectivity index (χ2n) is 4.16. The molecule has 1 saturated heterocycles. The van der Waals surface area contributed by atoms with Crippen LogP contribution in [0.5, 0.6) is 0 Å². The molecule has 0 aromatic carbocycles. The van der Waals surface area contributed by atoms with E-state index in [1.54, 1.807) is 0 Å². The second kappa shape index (κ2) is 4.61. The van der Waals surface area contributed by atoms with Crippen LogP contribution in [0.3, 0.4) is 0 Å². The second-order valence-corrected chi connectivity index (χ2v) is 4.16. The summed E-state index contributed by atoms with van der Waals surface area (Å²) >= 11 is 0. The molecule has 13 heavy (non-hydrogen) atoms. The summed E-state index contributed by atoms with van der Waals surface area (Å²) in [5.74, 6) is 1.20. The normalized spacial score (nSPS) is 17.7. The summed E-state index contributed by atoms with van der Waals surface area (Å²) in [4.78, 5) is 13.4. The van der Waals surface area contributed by atoms with Gasteiger partial charge in [0.15, 0.2) is 0 Å². The van der Waals surface area contributed by atoms with Gasteiger partial charge in [-0.25, -0.2) is 0 Å². The molecule has 0 aromatic heterocycles. The molecule has 0 bridgehead atoms. The van der Waals surface area contributed by atoms with E-state index in [0.29, 0.717) is 5.91 Å². The summed E-state index contributed by atoms with van der Waals surface area (Å²) in [5.41, 5.74) is 0. The third-order valence-corrected chi connectivity index (χ3v) is 2.57. The SMILES string of the molecule is CNCCC1CN(C(=O)C(C)C)C1. The van der Waals surface area contributed by atoms with Crippen molar-refractivity contribution >= 4 is 5.91 Å². The third-order valence-electron chi connectivity index (χ3n) is 2.57. The quantitative estimate of drug-likeness (QED) is 0.698. The molecule has 1 N–H and O–H groups in total. The van der Waals surface area contributed by atoms with Crippen LogP contribution >= 0.6 is 0 Å². The lowest BCUT2D eigenvalue weighted by molar-refractivity contribution is -0.141. The first kappa shape index (κ1) is 10.5.